The van der Waals surface area contributed by atoms with Crippen LogP contribution in [0.2, 0.25) is 0 Å². The van der Waals surface area contributed by atoms with Gasteiger partial charge in [0.15, 0.2) is 5.88 Å². The van der Waals surface area contributed by atoms with Crippen LogP contribution in [0.1, 0.15) is 27.9 Å². The second kappa shape index (κ2) is 8.70. The molecule has 0 saturated carbocycles. The number of aromatic amines is 1. The number of rotatable bonds is 8. The van der Waals surface area contributed by atoms with Gasteiger partial charge < -0.3 is 15.0 Å². The summed E-state index contributed by atoms with van der Waals surface area (Å²) < 4.78 is 27.6. The number of hydrogen-bond donors (Lipinski definition) is 3. The van der Waals surface area contributed by atoms with Crippen molar-refractivity contribution in [3.05, 3.63) is 71.3 Å². The van der Waals surface area contributed by atoms with Crippen molar-refractivity contribution in [3.63, 3.8) is 0 Å². The number of fused-ring (bicyclic) bond motifs is 1. The van der Waals surface area contributed by atoms with Crippen LogP contribution in [-0.2, 0) is 10.0 Å². The zero-order valence-corrected chi connectivity index (χ0v) is 18.6. The normalized spacial score (nSPS) is 13.5. The van der Waals surface area contributed by atoms with Crippen molar-refractivity contribution < 1.29 is 18.3 Å². The summed E-state index contributed by atoms with van der Waals surface area (Å²) in [6.45, 7) is 1.12. The fourth-order valence-corrected chi connectivity index (χ4v) is 4.73. The summed E-state index contributed by atoms with van der Waals surface area (Å²) in [5.41, 5.74) is 2.74. The molecular weight excluding hydrogens is 428 g/mol. The number of nitrogens with one attached hydrogen (secondary N) is 2. The van der Waals surface area contributed by atoms with E-state index < -0.39 is 15.9 Å². The molecule has 0 fully saturated rings. The second-order valence-corrected chi connectivity index (χ2v) is 9.58. The highest BCUT2D eigenvalue weighted by Crippen LogP contribution is 2.37. The lowest BCUT2D eigenvalue weighted by molar-refractivity contribution is 0.101. The van der Waals surface area contributed by atoms with Crippen LogP contribution in [0.25, 0.3) is 11.3 Å². The molecule has 0 bridgehead atoms. The number of aromatic nitrogens is 1. The van der Waals surface area contributed by atoms with Gasteiger partial charge in [0.25, 0.3) is 5.91 Å². The van der Waals surface area contributed by atoms with Gasteiger partial charge in [-0.3, -0.25) is 4.79 Å². The van der Waals surface area contributed by atoms with Gasteiger partial charge >= 0.3 is 0 Å². The first-order chi connectivity index (χ1) is 15.3. The molecule has 166 valence electrons. The number of aromatic hydroxyl groups is 1. The van der Waals surface area contributed by atoms with Crippen LogP contribution in [0, 0.1) is 0 Å². The molecule has 2 aromatic carbocycles. The van der Waals surface area contributed by atoms with Crippen LogP contribution >= 0.6 is 0 Å². The highest BCUT2D eigenvalue weighted by molar-refractivity contribution is 7.89. The van der Waals surface area contributed by atoms with Gasteiger partial charge in [-0.2, -0.15) is 0 Å². The second-order valence-electron chi connectivity index (χ2n) is 7.81. The summed E-state index contributed by atoms with van der Waals surface area (Å²) in [6, 6.07) is 15.3. The molecule has 0 radical (unpaired) electrons. The van der Waals surface area contributed by atoms with Crippen LogP contribution in [0.3, 0.4) is 0 Å². The maximum absolute atomic E-state index is 12.6. The molecule has 0 unspecified atom stereocenters. The smallest absolute Gasteiger partial charge is 0.280 e. The molecule has 4 rings (SSSR count). The topological polar surface area (TPSA) is 115 Å². The monoisotopic (exact) mass is 452 g/mol. The maximum atomic E-state index is 12.6. The van der Waals surface area contributed by atoms with E-state index in [1.54, 1.807) is 12.1 Å². The largest absolute Gasteiger partial charge is 0.494 e. The minimum absolute atomic E-state index is 0.125. The third-order valence-corrected chi connectivity index (χ3v) is 6.70. The zero-order valence-electron chi connectivity index (χ0n) is 17.8. The summed E-state index contributed by atoms with van der Waals surface area (Å²) >= 11 is 0. The summed E-state index contributed by atoms with van der Waals surface area (Å²) in [6.07, 6.45) is 0.697. The lowest BCUT2D eigenvalue weighted by Crippen LogP contribution is -2.27. The Morgan fingerprint density at radius 2 is 1.69 bits per heavy atom. The van der Waals surface area contributed by atoms with Crippen LogP contribution in [0.5, 0.6) is 5.88 Å². The fraction of sp³-hybridized carbons (Fsp3) is 0.217. The number of nitrogens with zero attached hydrogens (tertiary/aromatic N) is 2. The highest BCUT2D eigenvalue weighted by Gasteiger charge is 2.33. The number of hydrogen-bond acceptors (Lipinski definition) is 5. The van der Waals surface area contributed by atoms with Crippen LogP contribution < -0.4 is 4.72 Å². The molecule has 1 aliphatic heterocycles. The average Bonchev–Trinajstić information content (AvgIpc) is 3.30. The van der Waals surface area contributed by atoms with Crippen molar-refractivity contribution in [1.82, 2.24) is 14.6 Å². The first-order valence-corrected chi connectivity index (χ1v) is 11.6. The number of aliphatic imine (C=N–C) groups is 1. The lowest BCUT2D eigenvalue weighted by Gasteiger charge is -2.10. The first kappa shape index (κ1) is 21.9. The quantitative estimate of drug-likeness (QED) is 0.455. The van der Waals surface area contributed by atoms with Crippen molar-refractivity contribution in [2.24, 2.45) is 4.99 Å². The summed E-state index contributed by atoms with van der Waals surface area (Å²) in [5.74, 6) is -0.604. The van der Waals surface area contributed by atoms with Crippen LogP contribution in [0.4, 0.5) is 0 Å². The van der Waals surface area contributed by atoms with Crippen LogP contribution in [-0.4, -0.2) is 62.2 Å². The van der Waals surface area contributed by atoms with Gasteiger partial charge in [-0.25, -0.2) is 18.1 Å². The number of benzene rings is 2. The molecule has 9 heteroatoms. The van der Waals surface area contributed by atoms with Gasteiger partial charge in [-0.15, -0.1) is 0 Å². The third kappa shape index (κ3) is 4.22. The Balaban J connectivity index is 1.59. The molecule has 2 heterocycles. The number of carbonyl (C=O) groups excluding carboxylic acids is 1. The minimum Gasteiger partial charge on any atom is -0.494 e. The van der Waals surface area contributed by atoms with Crippen molar-refractivity contribution in [1.29, 1.82) is 0 Å². The Bertz CT molecular complexity index is 1280. The Hall–Kier alpha value is -3.27. The van der Waals surface area contributed by atoms with Gasteiger partial charge in [-0.05, 0) is 44.8 Å². The molecule has 0 atom stereocenters. The number of H-pyrrole nitrogens is 1. The molecule has 1 aromatic heterocycles. The molecule has 3 N–H and O–H groups in total. The van der Waals surface area contributed by atoms with Gasteiger partial charge in [-0.1, -0.05) is 42.5 Å². The summed E-state index contributed by atoms with van der Waals surface area (Å²) in [7, 11) is 0.221. The van der Waals surface area contributed by atoms with E-state index in [4.69, 9.17) is 0 Å². The van der Waals surface area contributed by atoms with E-state index in [1.165, 1.54) is 12.1 Å². The molecule has 0 saturated heterocycles. The standard InChI is InChI=1S/C23H24N4O4S/c1-27(2)14-6-13-24-32(30,31)17-11-9-16(10-12-17)21-19-18(22(28)26-21)20(25-23(19)29)15-7-4-3-5-8-15/h3-5,7-12,24-25,29H,6,13-14H2,1-2H3. The van der Waals surface area contributed by atoms with Gasteiger partial charge in [0.1, 0.15) is 0 Å². The van der Waals surface area contributed by atoms with Gasteiger partial charge in [0.2, 0.25) is 10.0 Å². The third-order valence-electron chi connectivity index (χ3n) is 5.22. The van der Waals surface area contributed by atoms with E-state index in [9.17, 15) is 18.3 Å². The van der Waals surface area contributed by atoms with E-state index in [-0.39, 0.29) is 10.8 Å². The maximum Gasteiger partial charge on any atom is 0.280 e. The molecule has 1 amide bonds. The average molecular weight is 453 g/mol. The molecule has 32 heavy (non-hydrogen) atoms. The molecule has 0 aliphatic carbocycles. The van der Waals surface area contributed by atoms with Crippen LogP contribution in [0.15, 0.2) is 64.5 Å². The van der Waals surface area contributed by atoms with E-state index in [0.717, 1.165) is 12.1 Å². The van der Waals surface area contributed by atoms with E-state index in [2.05, 4.69) is 14.7 Å². The predicted octanol–water partition coefficient (Wildman–Crippen LogP) is 2.61. The van der Waals surface area contributed by atoms with Gasteiger partial charge in [0, 0.05) is 12.1 Å². The Morgan fingerprint density at radius 1 is 1.00 bits per heavy atom. The number of amides is 1. The van der Waals surface area contributed by atoms with E-state index in [1.807, 2.05) is 49.3 Å². The minimum atomic E-state index is -3.64. The Morgan fingerprint density at radius 3 is 2.34 bits per heavy atom. The number of carbonyl (C=O) groups is 1. The molecule has 3 aromatic rings. The zero-order chi connectivity index (χ0) is 22.9. The molecule has 8 nitrogen and oxygen atoms in total. The molecule has 1 aliphatic rings. The van der Waals surface area contributed by atoms with Crippen molar-refractivity contribution in [2.45, 2.75) is 11.3 Å². The number of sulfonamides is 1. The fourth-order valence-electron chi connectivity index (χ4n) is 3.65. The first-order valence-electron chi connectivity index (χ1n) is 10.2. The van der Waals surface area contributed by atoms with Gasteiger partial charge in [0.05, 0.1) is 27.4 Å². The SMILES string of the molecule is CN(C)CCCNS(=O)(=O)c1ccc(C2=NC(=O)c3c(-c4ccccc4)[nH]c(O)c32)cc1. The Kier molecular flexibility index (Phi) is 5.96. The lowest BCUT2D eigenvalue weighted by atomic mass is 10.0. The van der Waals surface area contributed by atoms with Crippen molar-refractivity contribution in [2.75, 3.05) is 27.2 Å². The Labute approximate surface area is 186 Å². The summed E-state index contributed by atoms with van der Waals surface area (Å²) in [4.78, 5) is 21.8. The van der Waals surface area contributed by atoms with Crippen molar-refractivity contribution in [3.8, 4) is 17.1 Å². The van der Waals surface area contributed by atoms with E-state index in [0.29, 0.717) is 41.1 Å². The molecular formula is C23H24N4O4S. The predicted molar refractivity (Wildman–Crippen MR) is 123 cm³/mol. The van der Waals surface area contributed by atoms with E-state index >= 15 is 0 Å². The summed E-state index contributed by atoms with van der Waals surface area (Å²) in [5, 5.41) is 10.5. The van der Waals surface area contributed by atoms with Crippen molar-refractivity contribution >= 4 is 21.6 Å². The highest BCUT2D eigenvalue weighted by atomic mass is 32.2. The molecule has 0 spiro atoms.